The van der Waals surface area contributed by atoms with Crippen LogP contribution in [0.1, 0.15) is 10.7 Å². The molecule has 4 N–H and O–H groups in total. The number of amides is 1. The van der Waals surface area contributed by atoms with Crippen LogP contribution in [0.25, 0.3) is 0 Å². The first-order chi connectivity index (χ1) is 9.88. The number of benzene rings is 1. The number of aromatic nitrogens is 1. The minimum Gasteiger partial charge on any atom is -0.390 e. The molecule has 1 heterocycles. The van der Waals surface area contributed by atoms with Gasteiger partial charge in [0.1, 0.15) is 5.01 Å². The molecule has 112 valence electrons. The number of hydrogen-bond acceptors (Lipinski definition) is 6. The van der Waals surface area contributed by atoms with Crippen molar-refractivity contribution < 1.29 is 18.3 Å². The molecule has 0 saturated carbocycles. The van der Waals surface area contributed by atoms with Crippen molar-refractivity contribution in [3.63, 3.8) is 0 Å². The molecule has 2 aromatic rings. The summed E-state index contributed by atoms with van der Waals surface area (Å²) in [5.41, 5.74) is 0.992. The summed E-state index contributed by atoms with van der Waals surface area (Å²) in [6, 6.07) is 5.55. The third-order valence-corrected chi connectivity index (χ3v) is 4.37. The number of hydrogen-bond donors (Lipinski definition) is 3. The second kappa shape index (κ2) is 6.31. The standard InChI is InChI=1S/C12H13N3O4S2/c13-21(18,19)10-3-1-8(2-4-10)14-11(17)5-12-15-9(6-16)7-20-12/h1-4,7,16H,5-6H2,(H,14,17)(H2,13,18,19). The van der Waals surface area contributed by atoms with Crippen LogP contribution in [-0.2, 0) is 27.8 Å². The number of carbonyl (C=O) groups is 1. The Morgan fingerprint density at radius 3 is 2.52 bits per heavy atom. The lowest BCUT2D eigenvalue weighted by Gasteiger charge is -2.05. The fourth-order valence-corrected chi connectivity index (χ4v) is 2.87. The fraction of sp³-hybridized carbons (Fsp3) is 0.167. The third-order valence-electron chi connectivity index (χ3n) is 2.54. The minimum absolute atomic E-state index is 0.0204. The predicted octanol–water partition coefficient (Wildman–Crippen LogP) is 0.464. The molecule has 21 heavy (non-hydrogen) atoms. The molecule has 1 aromatic heterocycles. The van der Waals surface area contributed by atoms with Crippen LogP contribution in [0.4, 0.5) is 5.69 Å². The molecule has 1 amide bonds. The highest BCUT2D eigenvalue weighted by molar-refractivity contribution is 7.89. The summed E-state index contributed by atoms with van der Waals surface area (Å²) in [6.45, 7) is -0.160. The molecule has 0 saturated heterocycles. The molecule has 0 fully saturated rings. The number of aliphatic hydroxyl groups is 1. The largest absolute Gasteiger partial charge is 0.390 e. The van der Waals surface area contributed by atoms with E-state index in [0.717, 1.165) is 0 Å². The molecule has 0 unspecified atom stereocenters. The number of nitrogens with zero attached hydrogens (tertiary/aromatic N) is 1. The van der Waals surface area contributed by atoms with Crippen molar-refractivity contribution >= 4 is 33.0 Å². The number of carbonyl (C=O) groups excluding carboxylic acids is 1. The Morgan fingerprint density at radius 1 is 1.33 bits per heavy atom. The summed E-state index contributed by atoms with van der Waals surface area (Å²) in [4.78, 5) is 15.9. The first-order valence-electron chi connectivity index (χ1n) is 5.85. The Kier molecular flexibility index (Phi) is 4.68. The van der Waals surface area contributed by atoms with Crippen LogP contribution in [0.2, 0.25) is 0 Å². The maximum atomic E-state index is 11.8. The van der Waals surface area contributed by atoms with Crippen LogP contribution in [0.15, 0.2) is 34.5 Å². The summed E-state index contributed by atoms with van der Waals surface area (Å²) < 4.78 is 22.2. The zero-order valence-corrected chi connectivity index (χ0v) is 12.4. The van der Waals surface area contributed by atoms with E-state index < -0.39 is 10.0 Å². The Morgan fingerprint density at radius 2 is 2.00 bits per heavy atom. The van der Waals surface area contributed by atoms with E-state index in [2.05, 4.69) is 10.3 Å². The average Bonchev–Trinajstić information content (AvgIpc) is 2.85. The molecule has 0 aliphatic heterocycles. The molecule has 9 heteroatoms. The number of anilines is 1. The van der Waals surface area contributed by atoms with E-state index in [1.165, 1.54) is 35.6 Å². The van der Waals surface area contributed by atoms with E-state index in [4.69, 9.17) is 10.2 Å². The highest BCUT2D eigenvalue weighted by Crippen LogP contribution is 2.14. The van der Waals surface area contributed by atoms with E-state index in [1.807, 2.05) is 0 Å². The van der Waals surface area contributed by atoms with Gasteiger partial charge in [0.2, 0.25) is 15.9 Å². The Labute approximate surface area is 125 Å². The molecule has 7 nitrogen and oxygen atoms in total. The monoisotopic (exact) mass is 327 g/mol. The van der Waals surface area contributed by atoms with Crippen molar-refractivity contribution in [2.24, 2.45) is 5.14 Å². The molecule has 2 rings (SSSR count). The first-order valence-corrected chi connectivity index (χ1v) is 8.28. The van der Waals surface area contributed by atoms with Gasteiger partial charge in [-0.2, -0.15) is 0 Å². The average molecular weight is 327 g/mol. The number of primary sulfonamides is 1. The Bertz CT molecular complexity index is 738. The number of nitrogens with two attached hydrogens (primary N) is 1. The van der Waals surface area contributed by atoms with Gasteiger partial charge < -0.3 is 10.4 Å². The van der Waals surface area contributed by atoms with Crippen LogP contribution in [-0.4, -0.2) is 24.4 Å². The summed E-state index contributed by atoms with van der Waals surface area (Å²) in [5, 5.41) is 18.8. The molecule has 0 atom stereocenters. The second-order valence-corrected chi connectivity index (χ2v) is 6.69. The maximum absolute atomic E-state index is 11.8. The maximum Gasteiger partial charge on any atom is 0.238 e. The topological polar surface area (TPSA) is 122 Å². The summed E-state index contributed by atoms with van der Waals surface area (Å²) in [7, 11) is -3.74. The Balaban J connectivity index is 1.99. The first kappa shape index (κ1) is 15.6. The molecular weight excluding hydrogens is 314 g/mol. The van der Waals surface area contributed by atoms with E-state index >= 15 is 0 Å². The van der Waals surface area contributed by atoms with Gasteiger partial charge in [0.05, 0.1) is 23.6 Å². The highest BCUT2D eigenvalue weighted by Gasteiger charge is 2.10. The predicted molar refractivity (Wildman–Crippen MR) is 78.2 cm³/mol. The van der Waals surface area contributed by atoms with Crippen molar-refractivity contribution in [1.29, 1.82) is 0 Å². The molecule has 0 spiro atoms. The number of sulfonamides is 1. The SMILES string of the molecule is NS(=O)(=O)c1ccc(NC(=O)Cc2nc(CO)cs2)cc1. The van der Waals surface area contributed by atoms with E-state index in [9.17, 15) is 13.2 Å². The molecule has 0 radical (unpaired) electrons. The zero-order valence-electron chi connectivity index (χ0n) is 10.8. The normalized spacial score (nSPS) is 11.3. The summed E-state index contributed by atoms with van der Waals surface area (Å²) >= 11 is 1.29. The van der Waals surface area contributed by atoms with Crippen molar-refractivity contribution in [3.8, 4) is 0 Å². The molecule has 0 aliphatic rings. The summed E-state index contributed by atoms with van der Waals surface area (Å²) in [6.07, 6.45) is 0.0849. The van der Waals surface area contributed by atoms with Crippen molar-refractivity contribution in [2.45, 2.75) is 17.9 Å². The molecule has 0 bridgehead atoms. The van der Waals surface area contributed by atoms with E-state index in [1.54, 1.807) is 5.38 Å². The van der Waals surface area contributed by atoms with Gasteiger partial charge in [-0.15, -0.1) is 11.3 Å². The fourth-order valence-electron chi connectivity index (χ4n) is 1.57. The molecule has 0 aliphatic carbocycles. The van der Waals surface area contributed by atoms with Gasteiger partial charge >= 0.3 is 0 Å². The van der Waals surface area contributed by atoms with Crippen molar-refractivity contribution in [3.05, 3.63) is 40.3 Å². The third kappa shape index (κ3) is 4.33. The van der Waals surface area contributed by atoms with Crippen LogP contribution in [0.5, 0.6) is 0 Å². The molecule has 1 aromatic carbocycles. The zero-order chi connectivity index (χ0) is 15.5. The summed E-state index contributed by atoms with van der Waals surface area (Å²) in [5.74, 6) is -0.280. The van der Waals surface area contributed by atoms with Gasteiger partial charge in [0, 0.05) is 11.1 Å². The van der Waals surface area contributed by atoms with E-state index in [0.29, 0.717) is 16.4 Å². The highest BCUT2D eigenvalue weighted by atomic mass is 32.2. The number of nitrogens with one attached hydrogen (secondary N) is 1. The van der Waals surface area contributed by atoms with Gasteiger partial charge in [0.25, 0.3) is 0 Å². The number of rotatable bonds is 5. The number of aliphatic hydroxyl groups excluding tert-OH is 1. The minimum atomic E-state index is -3.74. The van der Waals surface area contributed by atoms with Gasteiger partial charge in [-0.25, -0.2) is 18.5 Å². The van der Waals surface area contributed by atoms with Gasteiger partial charge in [-0.3, -0.25) is 4.79 Å². The van der Waals surface area contributed by atoms with Gasteiger partial charge in [0.15, 0.2) is 0 Å². The van der Waals surface area contributed by atoms with Gasteiger partial charge in [-0.05, 0) is 24.3 Å². The molecular formula is C12H13N3O4S2. The van der Waals surface area contributed by atoms with Crippen LogP contribution >= 0.6 is 11.3 Å². The quantitative estimate of drug-likeness (QED) is 0.736. The second-order valence-electron chi connectivity index (χ2n) is 4.19. The van der Waals surface area contributed by atoms with E-state index in [-0.39, 0.29) is 23.8 Å². The van der Waals surface area contributed by atoms with Crippen LogP contribution < -0.4 is 10.5 Å². The van der Waals surface area contributed by atoms with Crippen LogP contribution in [0.3, 0.4) is 0 Å². The smallest absolute Gasteiger partial charge is 0.238 e. The lowest BCUT2D eigenvalue weighted by molar-refractivity contribution is -0.115. The Hall–Kier alpha value is -1.81. The lowest BCUT2D eigenvalue weighted by atomic mass is 10.3. The van der Waals surface area contributed by atoms with Crippen LogP contribution in [0, 0.1) is 0 Å². The van der Waals surface area contributed by atoms with Crippen molar-refractivity contribution in [1.82, 2.24) is 4.98 Å². The lowest BCUT2D eigenvalue weighted by Crippen LogP contribution is -2.15. The van der Waals surface area contributed by atoms with Gasteiger partial charge in [-0.1, -0.05) is 0 Å². The van der Waals surface area contributed by atoms with Crippen molar-refractivity contribution in [2.75, 3.05) is 5.32 Å². The number of thiazole rings is 1.